The Morgan fingerprint density at radius 1 is 1.53 bits per heavy atom. The third-order valence-electron chi connectivity index (χ3n) is 2.35. The van der Waals surface area contributed by atoms with Crippen LogP contribution in [0.15, 0.2) is 22.8 Å². The third kappa shape index (κ3) is 2.46. The lowest BCUT2D eigenvalue weighted by atomic mass is 10.2. The zero-order valence-corrected chi connectivity index (χ0v) is 11.5. The number of hydrogen-bond acceptors (Lipinski definition) is 3. The van der Waals surface area contributed by atoms with Crippen molar-refractivity contribution in [3.05, 3.63) is 33.5 Å². The summed E-state index contributed by atoms with van der Waals surface area (Å²) in [6, 6.07) is 5.37. The van der Waals surface area contributed by atoms with Crippen LogP contribution in [0.2, 0.25) is 5.02 Å². The fourth-order valence-electron chi connectivity index (χ4n) is 1.52. The quantitative estimate of drug-likeness (QED) is 0.915. The van der Waals surface area contributed by atoms with Crippen molar-refractivity contribution < 1.29 is 4.74 Å². The number of nitrogens with zero attached hydrogens (tertiary/aromatic N) is 1. The second-order valence-corrected chi connectivity index (χ2v) is 4.59. The Kier molecular flexibility index (Phi) is 3.71. The molecule has 0 saturated heterocycles. The third-order valence-corrected chi connectivity index (χ3v) is 3.24. The van der Waals surface area contributed by atoms with E-state index in [-0.39, 0.29) is 0 Å². The Bertz CT molecular complexity index is 542. The number of nitrogens with two attached hydrogens (primary N) is 1. The summed E-state index contributed by atoms with van der Waals surface area (Å²) in [4.78, 5) is 7.47. The molecule has 0 aliphatic heterocycles. The van der Waals surface area contributed by atoms with Crippen LogP contribution in [0, 0.1) is 0 Å². The molecule has 0 aliphatic rings. The molecule has 0 spiro atoms. The van der Waals surface area contributed by atoms with E-state index < -0.39 is 0 Å². The number of nitrogens with one attached hydrogen (secondary N) is 1. The minimum atomic E-state index is 0.385. The van der Waals surface area contributed by atoms with E-state index in [2.05, 4.69) is 25.9 Å². The monoisotopic (exact) mass is 315 g/mol. The van der Waals surface area contributed by atoms with Gasteiger partial charge in [-0.25, -0.2) is 4.98 Å². The summed E-state index contributed by atoms with van der Waals surface area (Å²) in [7, 11) is 1.61. The topological polar surface area (TPSA) is 63.9 Å². The molecule has 0 unspecified atom stereocenters. The highest BCUT2D eigenvalue weighted by Gasteiger charge is 2.13. The summed E-state index contributed by atoms with van der Waals surface area (Å²) in [5, 5.41) is 0.627. The molecule has 90 valence electrons. The Labute approximate surface area is 112 Å². The van der Waals surface area contributed by atoms with Crippen molar-refractivity contribution in [2.24, 2.45) is 5.73 Å². The van der Waals surface area contributed by atoms with Crippen LogP contribution in [0.25, 0.3) is 11.4 Å². The first kappa shape index (κ1) is 12.4. The highest BCUT2D eigenvalue weighted by molar-refractivity contribution is 9.10. The maximum absolute atomic E-state index is 5.97. The van der Waals surface area contributed by atoms with Crippen molar-refractivity contribution in [1.82, 2.24) is 9.97 Å². The van der Waals surface area contributed by atoms with Crippen LogP contribution >= 0.6 is 27.5 Å². The fourth-order valence-corrected chi connectivity index (χ4v) is 2.13. The number of hydrogen-bond donors (Lipinski definition) is 2. The molecule has 17 heavy (non-hydrogen) atoms. The van der Waals surface area contributed by atoms with E-state index in [9.17, 15) is 0 Å². The summed E-state index contributed by atoms with van der Waals surface area (Å²) < 4.78 is 5.98. The summed E-state index contributed by atoms with van der Waals surface area (Å²) in [5.74, 6) is 1.39. The van der Waals surface area contributed by atoms with E-state index in [0.29, 0.717) is 27.7 Å². The molecule has 1 aromatic carbocycles. The summed E-state index contributed by atoms with van der Waals surface area (Å²) in [5.41, 5.74) is 7.23. The maximum atomic E-state index is 5.97. The Morgan fingerprint density at radius 3 is 2.88 bits per heavy atom. The largest absolute Gasteiger partial charge is 0.496 e. The van der Waals surface area contributed by atoms with Gasteiger partial charge in [-0.15, -0.1) is 0 Å². The van der Waals surface area contributed by atoms with Crippen molar-refractivity contribution >= 4 is 27.5 Å². The number of aromatic nitrogens is 2. The second-order valence-electron chi connectivity index (χ2n) is 3.40. The Hall–Kier alpha value is -1.04. The minimum Gasteiger partial charge on any atom is -0.496 e. The summed E-state index contributed by atoms with van der Waals surface area (Å²) >= 11 is 9.31. The lowest BCUT2D eigenvalue weighted by Crippen LogP contribution is -1.97. The number of H-pyrrole nitrogens is 1. The molecular formula is C11H11BrClN3O. The smallest absolute Gasteiger partial charge is 0.142 e. The van der Waals surface area contributed by atoms with Crippen LogP contribution in [-0.2, 0) is 6.54 Å². The van der Waals surface area contributed by atoms with Crippen LogP contribution in [0.4, 0.5) is 0 Å². The highest BCUT2D eigenvalue weighted by atomic mass is 79.9. The SMILES string of the molecule is COc1ccc(Cl)cc1-c1nc(Br)c(CN)[nH]1. The number of imidazole rings is 1. The van der Waals surface area contributed by atoms with E-state index in [0.717, 1.165) is 11.3 Å². The molecular weight excluding hydrogens is 305 g/mol. The average Bonchev–Trinajstić information content (AvgIpc) is 2.70. The van der Waals surface area contributed by atoms with Gasteiger partial charge in [0.15, 0.2) is 0 Å². The van der Waals surface area contributed by atoms with Crippen LogP contribution in [-0.4, -0.2) is 17.1 Å². The molecule has 0 atom stereocenters. The number of aromatic amines is 1. The van der Waals surface area contributed by atoms with Crippen LogP contribution < -0.4 is 10.5 Å². The minimum absolute atomic E-state index is 0.385. The molecule has 0 bridgehead atoms. The van der Waals surface area contributed by atoms with Crippen molar-refractivity contribution in [2.45, 2.75) is 6.54 Å². The molecule has 3 N–H and O–H groups in total. The van der Waals surface area contributed by atoms with Gasteiger partial charge in [-0.05, 0) is 34.1 Å². The van der Waals surface area contributed by atoms with E-state index in [4.69, 9.17) is 22.1 Å². The van der Waals surface area contributed by atoms with Gasteiger partial charge >= 0.3 is 0 Å². The summed E-state index contributed by atoms with van der Waals surface area (Å²) in [6.45, 7) is 0.385. The lowest BCUT2D eigenvalue weighted by molar-refractivity contribution is 0.416. The normalized spacial score (nSPS) is 10.6. The zero-order valence-electron chi connectivity index (χ0n) is 9.13. The first-order valence-electron chi connectivity index (χ1n) is 4.94. The van der Waals surface area contributed by atoms with Gasteiger partial charge < -0.3 is 15.5 Å². The lowest BCUT2D eigenvalue weighted by Gasteiger charge is -2.06. The van der Waals surface area contributed by atoms with Crippen molar-refractivity contribution in [1.29, 1.82) is 0 Å². The highest BCUT2D eigenvalue weighted by Crippen LogP contribution is 2.32. The van der Waals surface area contributed by atoms with E-state index >= 15 is 0 Å². The van der Waals surface area contributed by atoms with Crippen LogP contribution in [0.3, 0.4) is 0 Å². The fraction of sp³-hybridized carbons (Fsp3) is 0.182. The zero-order chi connectivity index (χ0) is 12.4. The second kappa shape index (κ2) is 5.08. The number of ether oxygens (including phenoxy) is 1. The predicted molar refractivity (Wildman–Crippen MR) is 71.2 cm³/mol. The van der Waals surface area contributed by atoms with Gasteiger partial charge in [0.05, 0.1) is 18.4 Å². The Balaban J connectivity index is 2.54. The van der Waals surface area contributed by atoms with Gasteiger partial charge in [-0.2, -0.15) is 0 Å². The van der Waals surface area contributed by atoms with Gasteiger partial charge in [-0.1, -0.05) is 11.6 Å². The molecule has 6 heteroatoms. The van der Waals surface area contributed by atoms with Gasteiger partial charge in [0.2, 0.25) is 0 Å². The number of rotatable bonds is 3. The molecule has 1 heterocycles. The molecule has 4 nitrogen and oxygen atoms in total. The van der Waals surface area contributed by atoms with Gasteiger partial charge in [-0.3, -0.25) is 0 Å². The van der Waals surface area contributed by atoms with Crippen molar-refractivity contribution in [3.63, 3.8) is 0 Å². The van der Waals surface area contributed by atoms with Crippen LogP contribution in [0.1, 0.15) is 5.69 Å². The predicted octanol–water partition coefficient (Wildman–Crippen LogP) is 2.96. The molecule has 0 radical (unpaired) electrons. The van der Waals surface area contributed by atoms with Gasteiger partial charge in [0, 0.05) is 11.6 Å². The maximum Gasteiger partial charge on any atom is 0.142 e. The number of halogens is 2. The molecule has 1 aromatic heterocycles. The van der Waals surface area contributed by atoms with E-state index in [1.54, 1.807) is 25.3 Å². The number of benzene rings is 1. The molecule has 0 amide bonds. The summed E-state index contributed by atoms with van der Waals surface area (Å²) in [6.07, 6.45) is 0. The first-order valence-corrected chi connectivity index (χ1v) is 6.11. The number of methoxy groups -OCH3 is 1. The van der Waals surface area contributed by atoms with Crippen LogP contribution in [0.5, 0.6) is 5.75 Å². The van der Waals surface area contributed by atoms with Crippen molar-refractivity contribution in [3.8, 4) is 17.1 Å². The van der Waals surface area contributed by atoms with E-state index in [1.165, 1.54) is 0 Å². The van der Waals surface area contributed by atoms with Gasteiger partial charge in [0.1, 0.15) is 16.2 Å². The molecule has 0 saturated carbocycles. The average molecular weight is 317 g/mol. The van der Waals surface area contributed by atoms with Crippen molar-refractivity contribution in [2.75, 3.05) is 7.11 Å². The standard InChI is InChI=1S/C11H11BrClN3O/c1-17-9-3-2-6(13)4-7(9)11-15-8(5-14)10(12)16-11/h2-4H,5,14H2,1H3,(H,15,16). The molecule has 2 aromatic rings. The first-order chi connectivity index (χ1) is 8.15. The van der Waals surface area contributed by atoms with E-state index in [1.807, 2.05) is 0 Å². The molecule has 0 fully saturated rings. The molecule has 2 rings (SSSR count). The van der Waals surface area contributed by atoms with Gasteiger partial charge in [0.25, 0.3) is 0 Å². The Morgan fingerprint density at radius 2 is 2.29 bits per heavy atom. The molecule has 0 aliphatic carbocycles.